The molecule has 7 heteroatoms. The van der Waals surface area contributed by atoms with Gasteiger partial charge in [0.1, 0.15) is 6.04 Å². The molecule has 104 valence electrons. The topological polar surface area (TPSA) is 108 Å². The first-order chi connectivity index (χ1) is 8.36. The maximum atomic E-state index is 11.5. The Morgan fingerprint density at radius 1 is 1.17 bits per heavy atom. The monoisotopic (exact) mass is 259 g/mol. The van der Waals surface area contributed by atoms with Crippen LogP contribution in [0.5, 0.6) is 0 Å². The first-order valence-electron chi connectivity index (χ1n) is 5.93. The Hall–Kier alpha value is -1.79. The van der Waals surface area contributed by atoms with E-state index in [9.17, 15) is 14.4 Å². The van der Waals surface area contributed by atoms with Gasteiger partial charge in [0.05, 0.1) is 0 Å². The molecule has 0 radical (unpaired) electrons. The van der Waals surface area contributed by atoms with Crippen molar-refractivity contribution in [2.45, 2.75) is 45.7 Å². The maximum absolute atomic E-state index is 11.5. The highest BCUT2D eigenvalue weighted by molar-refractivity contribution is 5.86. The number of amides is 3. The van der Waals surface area contributed by atoms with Crippen LogP contribution < -0.4 is 16.0 Å². The Morgan fingerprint density at radius 3 is 2.28 bits per heavy atom. The van der Waals surface area contributed by atoms with Crippen LogP contribution in [0.4, 0.5) is 4.79 Å². The van der Waals surface area contributed by atoms with Gasteiger partial charge in [-0.25, -0.2) is 4.79 Å². The average molecular weight is 259 g/mol. The first-order valence-corrected chi connectivity index (χ1v) is 5.93. The van der Waals surface area contributed by atoms with Crippen molar-refractivity contribution in [3.05, 3.63) is 0 Å². The smallest absolute Gasteiger partial charge is 0.315 e. The third-order valence-corrected chi connectivity index (χ3v) is 2.26. The molecule has 0 spiro atoms. The summed E-state index contributed by atoms with van der Waals surface area (Å²) in [5, 5.41) is 16.1. The number of carbonyl (C=O) groups is 3. The summed E-state index contributed by atoms with van der Waals surface area (Å²) >= 11 is 0. The fourth-order valence-electron chi connectivity index (χ4n) is 1.27. The third-order valence-electron chi connectivity index (χ3n) is 2.26. The molecule has 4 N–H and O–H groups in total. The van der Waals surface area contributed by atoms with E-state index in [1.807, 2.05) is 0 Å². The number of hydrogen-bond donors (Lipinski definition) is 4. The number of carbonyl (C=O) groups excluding carboxylic acids is 2. The van der Waals surface area contributed by atoms with Crippen LogP contribution in [0, 0.1) is 0 Å². The van der Waals surface area contributed by atoms with Crippen LogP contribution >= 0.6 is 0 Å². The number of hydrogen-bond acceptors (Lipinski definition) is 3. The minimum atomic E-state index is -0.903. The molecule has 0 aliphatic carbocycles. The van der Waals surface area contributed by atoms with Gasteiger partial charge in [-0.05, 0) is 27.2 Å². The molecule has 3 amide bonds. The van der Waals surface area contributed by atoms with Crippen molar-refractivity contribution in [2.75, 3.05) is 6.54 Å². The zero-order valence-corrected chi connectivity index (χ0v) is 10.9. The highest BCUT2D eigenvalue weighted by Crippen LogP contribution is 1.96. The summed E-state index contributed by atoms with van der Waals surface area (Å²) in [6, 6.07) is -1.37. The van der Waals surface area contributed by atoms with Gasteiger partial charge < -0.3 is 21.1 Å². The Bertz CT molecular complexity index is 307. The van der Waals surface area contributed by atoms with Gasteiger partial charge in [-0.3, -0.25) is 9.59 Å². The summed E-state index contributed by atoms with van der Waals surface area (Å²) in [6.45, 7) is 5.58. The van der Waals surface area contributed by atoms with E-state index in [1.54, 1.807) is 20.8 Å². The van der Waals surface area contributed by atoms with Gasteiger partial charge >= 0.3 is 12.0 Å². The van der Waals surface area contributed by atoms with Crippen LogP contribution in [-0.4, -0.2) is 41.6 Å². The molecular weight excluding hydrogens is 238 g/mol. The Morgan fingerprint density at radius 2 is 1.78 bits per heavy atom. The van der Waals surface area contributed by atoms with Gasteiger partial charge in [-0.2, -0.15) is 0 Å². The fourth-order valence-corrected chi connectivity index (χ4v) is 1.27. The Kier molecular flexibility index (Phi) is 7.50. The Balaban J connectivity index is 3.95. The van der Waals surface area contributed by atoms with Crippen molar-refractivity contribution in [1.29, 1.82) is 0 Å². The molecule has 0 saturated heterocycles. The zero-order chi connectivity index (χ0) is 14.1. The maximum Gasteiger partial charge on any atom is 0.315 e. The minimum Gasteiger partial charge on any atom is -0.481 e. The number of aliphatic carboxylic acids is 1. The summed E-state index contributed by atoms with van der Waals surface area (Å²) in [7, 11) is 0. The molecular formula is C11H21N3O4. The number of nitrogens with one attached hydrogen (secondary N) is 3. The SMILES string of the molecule is CCNC(=O)C(C)NC(=O)NC(C)CCC(=O)O. The van der Waals surface area contributed by atoms with Crippen LogP contribution in [0.25, 0.3) is 0 Å². The van der Waals surface area contributed by atoms with Gasteiger partial charge in [-0.1, -0.05) is 0 Å². The highest BCUT2D eigenvalue weighted by atomic mass is 16.4. The van der Waals surface area contributed by atoms with Crippen molar-refractivity contribution in [3.8, 4) is 0 Å². The van der Waals surface area contributed by atoms with Crippen molar-refractivity contribution in [2.24, 2.45) is 0 Å². The molecule has 0 saturated carbocycles. The summed E-state index contributed by atoms with van der Waals surface area (Å²) < 4.78 is 0. The predicted octanol–water partition coefficient (Wildman–Crippen LogP) is 0.0635. The van der Waals surface area contributed by atoms with Crippen molar-refractivity contribution in [1.82, 2.24) is 16.0 Å². The first kappa shape index (κ1) is 16.2. The van der Waals surface area contributed by atoms with Crippen molar-refractivity contribution in [3.63, 3.8) is 0 Å². The van der Waals surface area contributed by atoms with Crippen LogP contribution in [0.1, 0.15) is 33.6 Å². The van der Waals surface area contributed by atoms with Crippen molar-refractivity contribution >= 4 is 17.9 Å². The molecule has 0 aromatic heterocycles. The summed E-state index contributed by atoms with van der Waals surface area (Å²) in [4.78, 5) is 33.2. The second kappa shape index (κ2) is 8.32. The minimum absolute atomic E-state index is 0.00663. The largest absolute Gasteiger partial charge is 0.481 e. The molecule has 18 heavy (non-hydrogen) atoms. The lowest BCUT2D eigenvalue weighted by molar-refractivity contribution is -0.137. The summed E-state index contributed by atoms with van der Waals surface area (Å²) in [5.74, 6) is -1.16. The van der Waals surface area contributed by atoms with Crippen molar-refractivity contribution < 1.29 is 19.5 Å². The molecule has 0 fully saturated rings. The quantitative estimate of drug-likeness (QED) is 0.518. The lowest BCUT2D eigenvalue weighted by Gasteiger charge is -2.17. The molecule has 7 nitrogen and oxygen atoms in total. The number of rotatable bonds is 7. The average Bonchev–Trinajstić information content (AvgIpc) is 2.26. The van der Waals surface area contributed by atoms with E-state index in [1.165, 1.54) is 0 Å². The second-order valence-corrected chi connectivity index (χ2v) is 4.07. The lowest BCUT2D eigenvalue weighted by atomic mass is 10.2. The zero-order valence-electron chi connectivity index (χ0n) is 10.9. The van der Waals surface area contributed by atoms with E-state index in [0.717, 1.165) is 0 Å². The lowest BCUT2D eigenvalue weighted by Crippen LogP contribution is -2.50. The van der Waals surface area contributed by atoms with Gasteiger partial charge in [0.2, 0.25) is 5.91 Å². The predicted molar refractivity (Wildman–Crippen MR) is 66.1 cm³/mol. The highest BCUT2D eigenvalue weighted by Gasteiger charge is 2.15. The summed E-state index contributed by atoms with van der Waals surface area (Å²) in [6.07, 6.45) is 0.339. The molecule has 0 aromatic rings. The molecule has 0 rings (SSSR count). The van der Waals surface area contributed by atoms with E-state index in [0.29, 0.717) is 13.0 Å². The number of urea groups is 1. The van der Waals surface area contributed by atoms with E-state index in [-0.39, 0.29) is 18.4 Å². The Labute approximate surface area is 106 Å². The molecule has 0 bridgehead atoms. The molecule has 0 heterocycles. The van der Waals surface area contributed by atoms with Crippen LogP contribution in [-0.2, 0) is 9.59 Å². The molecule has 0 aromatic carbocycles. The molecule has 0 aliphatic rings. The van der Waals surface area contributed by atoms with E-state index >= 15 is 0 Å². The van der Waals surface area contributed by atoms with E-state index < -0.39 is 18.0 Å². The van der Waals surface area contributed by atoms with E-state index in [4.69, 9.17) is 5.11 Å². The van der Waals surface area contributed by atoms with Gasteiger partial charge in [0.25, 0.3) is 0 Å². The molecule has 2 unspecified atom stereocenters. The molecule has 2 atom stereocenters. The third kappa shape index (κ3) is 7.48. The van der Waals surface area contributed by atoms with E-state index in [2.05, 4.69) is 16.0 Å². The van der Waals surface area contributed by atoms with Crippen LogP contribution in [0.2, 0.25) is 0 Å². The normalized spacial score (nSPS) is 13.3. The summed E-state index contributed by atoms with van der Waals surface area (Å²) in [5.41, 5.74) is 0. The fraction of sp³-hybridized carbons (Fsp3) is 0.727. The number of carboxylic acid groups (broad SMARTS) is 1. The second-order valence-electron chi connectivity index (χ2n) is 4.07. The standard InChI is InChI=1S/C11H21N3O4/c1-4-12-10(17)8(3)14-11(18)13-7(2)5-6-9(15)16/h7-8H,4-6H2,1-3H3,(H,12,17)(H,15,16)(H2,13,14,18). The van der Waals surface area contributed by atoms with Gasteiger partial charge in [-0.15, -0.1) is 0 Å². The molecule has 0 aliphatic heterocycles. The number of likely N-dealkylation sites (N-methyl/N-ethyl adjacent to an activating group) is 1. The number of carboxylic acids is 1. The van der Waals surface area contributed by atoms with Gasteiger partial charge in [0, 0.05) is 19.0 Å². The van der Waals surface area contributed by atoms with Crippen LogP contribution in [0.3, 0.4) is 0 Å². The van der Waals surface area contributed by atoms with Crippen LogP contribution in [0.15, 0.2) is 0 Å². The van der Waals surface area contributed by atoms with Gasteiger partial charge in [0.15, 0.2) is 0 Å².